The average Bonchev–Trinajstić information content (AvgIpc) is 2.71. The van der Waals surface area contributed by atoms with E-state index in [0.29, 0.717) is 5.95 Å². The lowest BCUT2D eigenvalue weighted by molar-refractivity contribution is 0.293. The van der Waals surface area contributed by atoms with Gasteiger partial charge in [-0.15, -0.1) is 0 Å². The molecule has 1 fully saturated rings. The molecule has 0 radical (unpaired) electrons. The van der Waals surface area contributed by atoms with Crippen LogP contribution in [-0.2, 0) is 12.6 Å². The monoisotopic (exact) mass is 252 g/mol. The molecular formula is C12H20N4O2. The molecule has 1 aliphatic carbocycles. The molecule has 18 heavy (non-hydrogen) atoms. The summed E-state index contributed by atoms with van der Waals surface area (Å²) in [5.41, 5.74) is -1.08. The van der Waals surface area contributed by atoms with Gasteiger partial charge in [0.1, 0.15) is 0 Å². The minimum Gasteiger partial charge on any atom is -0.348 e. The maximum absolute atomic E-state index is 12.4. The number of rotatable bonds is 2. The van der Waals surface area contributed by atoms with Gasteiger partial charge in [-0.05, 0) is 19.8 Å². The first kappa shape index (κ1) is 12.9. The fourth-order valence-corrected chi connectivity index (χ4v) is 2.75. The van der Waals surface area contributed by atoms with E-state index in [1.807, 2.05) is 6.92 Å². The fourth-order valence-electron chi connectivity index (χ4n) is 2.75. The molecule has 1 aliphatic rings. The third-order valence-electron chi connectivity index (χ3n) is 3.79. The summed E-state index contributed by atoms with van der Waals surface area (Å²) in [6.45, 7) is 1.97. The smallest absolute Gasteiger partial charge is 0.348 e. The maximum Gasteiger partial charge on any atom is 0.355 e. The Kier molecular flexibility index (Phi) is 3.04. The highest BCUT2D eigenvalue weighted by molar-refractivity contribution is 5.25. The molecule has 0 atom stereocenters. The Labute approximate surface area is 106 Å². The highest BCUT2D eigenvalue weighted by Gasteiger charge is 2.34. The zero-order valence-corrected chi connectivity index (χ0v) is 11.4. The first-order chi connectivity index (χ1) is 8.37. The minimum absolute atomic E-state index is 0.275. The molecule has 0 amide bonds. The van der Waals surface area contributed by atoms with Crippen molar-refractivity contribution in [2.45, 2.75) is 38.1 Å². The van der Waals surface area contributed by atoms with E-state index in [1.54, 1.807) is 26.0 Å². The number of hydrogen-bond acceptors (Lipinski definition) is 4. The molecule has 6 heteroatoms. The summed E-state index contributed by atoms with van der Waals surface area (Å²) < 4.78 is 2.76. The van der Waals surface area contributed by atoms with Gasteiger partial charge in [0.2, 0.25) is 5.95 Å². The van der Waals surface area contributed by atoms with Gasteiger partial charge in [0.25, 0.3) is 0 Å². The average molecular weight is 252 g/mol. The molecule has 0 saturated heterocycles. The lowest BCUT2D eigenvalue weighted by Crippen LogP contribution is -2.50. The van der Waals surface area contributed by atoms with Crippen LogP contribution in [0, 0.1) is 0 Å². The van der Waals surface area contributed by atoms with Crippen LogP contribution in [0.3, 0.4) is 0 Å². The van der Waals surface area contributed by atoms with Crippen LogP contribution in [0.1, 0.15) is 32.6 Å². The summed E-state index contributed by atoms with van der Waals surface area (Å²) >= 11 is 0. The zero-order valence-electron chi connectivity index (χ0n) is 11.4. The van der Waals surface area contributed by atoms with Crippen LogP contribution in [0.5, 0.6) is 0 Å². The van der Waals surface area contributed by atoms with Crippen LogP contribution in [0.15, 0.2) is 9.59 Å². The number of aromatic nitrogens is 3. The first-order valence-corrected chi connectivity index (χ1v) is 6.25. The third-order valence-corrected chi connectivity index (χ3v) is 3.79. The standard InChI is InChI=1S/C12H20N4O2/c1-12(7-5-6-8-12)16-10(17)13-9(14(2)3)15(4)11(16)18/h5-8H2,1-4H3. The van der Waals surface area contributed by atoms with E-state index in [0.717, 1.165) is 25.7 Å². The largest absolute Gasteiger partial charge is 0.355 e. The van der Waals surface area contributed by atoms with Crippen molar-refractivity contribution < 1.29 is 0 Å². The van der Waals surface area contributed by atoms with Gasteiger partial charge in [0, 0.05) is 21.1 Å². The minimum atomic E-state index is -0.439. The van der Waals surface area contributed by atoms with Crippen molar-refractivity contribution in [3.05, 3.63) is 21.0 Å². The van der Waals surface area contributed by atoms with Crippen molar-refractivity contribution >= 4 is 5.95 Å². The molecule has 0 spiro atoms. The second-order valence-electron chi connectivity index (χ2n) is 5.47. The summed E-state index contributed by atoms with van der Waals surface area (Å²) in [5.74, 6) is 0.392. The van der Waals surface area contributed by atoms with E-state index in [1.165, 1.54) is 9.13 Å². The van der Waals surface area contributed by atoms with Gasteiger partial charge in [-0.1, -0.05) is 12.8 Å². The normalized spacial score (nSPS) is 18.0. The summed E-state index contributed by atoms with van der Waals surface area (Å²) in [5, 5.41) is 0. The molecule has 0 unspecified atom stereocenters. The third kappa shape index (κ3) is 1.85. The second-order valence-corrected chi connectivity index (χ2v) is 5.47. The van der Waals surface area contributed by atoms with Gasteiger partial charge >= 0.3 is 11.4 Å². The Balaban J connectivity index is 2.68. The van der Waals surface area contributed by atoms with Crippen molar-refractivity contribution in [3.63, 3.8) is 0 Å². The molecule has 6 nitrogen and oxygen atoms in total. The van der Waals surface area contributed by atoms with Crippen molar-refractivity contribution in [2.24, 2.45) is 7.05 Å². The topological polar surface area (TPSA) is 60.1 Å². The van der Waals surface area contributed by atoms with Crippen LogP contribution in [0.25, 0.3) is 0 Å². The fraction of sp³-hybridized carbons (Fsp3) is 0.750. The van der Waals surface area contributed by atoms with Gasteiger partial charge in [-0.2, -0.15) is 4.98 Å². The van der Waals surface area contributed by atoms with E-state index in [9.17, 15) is 9.59 Å². The molecule has 1 saturated carbocycles. The number of anilines is 1. The number of hydrogen-bond donors (Lipinski definition) is 0. The summed E-state index contributed by atoms with van der Waals surface area (Å²) in [6, 6.07) is 0. The van der Waals surface area contributed by atoms with Crippen molar-refractivity contribution in [2.75, 3.05) is 19.0 Å². The first-order valence-electron chi connectivity index (χ1n) is 6.25. The van der Waals surface area contributed by atoms with Crippen LogP contribution in [-0.4, -0.2) is 28.2 Å². The zero-order chi connectivity index (χ0) is 13.5. The summed E-state index contributed by atoms with van der Waals surface area (Å²) in [4.78, 5) is 30.2. The molecule has 100 valence electrons. The predicted molar refractivity (Wildman–Crippen MR) is 70.2 cm³/mol. The molecule has 0 aromatic carbocycles. The maximum atomic E-state index is 12.4. The van der Waals surface area contributed by atoms with E-state index in [-0.39, 0.29) is 11.2 Å². The van der Waals surface area contributed by atoms with Gasteiger partial charge in [-0.3, -0.25) is 4.57 Å². The molecule has 0 bridgehead atoms. The van der Waals surface area contributed by atoms with Crippen LogP contribution in [0.4, 0.5) is 5.95 Å². The Morgan fingerprint density at radius 2 is 1.78 bits per heavy atom. The Morgan fingerprint density at radius 3 is 2.28 bits per heavy atom. The van der Waals surface area contributed by atoms with Gasteiger partial charge in [-0.25, -0.2) is 14.2 Å². The summed E-state index contributed by atoms with van der Waals surface area (Å²) in [6.07, 6.45) is 3.85. The SMILES string of the molecule is CN(C)c1nc(=O)n(C2(C)CCCC2)c(=O)n1C. The van der Waals surface area contributed by atoms with Crippen LogP contribution in [0.2, 0.25) is 0 Å². The van der Waals surface area contributed by atoms with Gasteiger partial charge in [0.05, 0.1) is 5.54 Å². The Morgan fingerprint density at radius 1 is 1.22 bits per heavy atom. The van der Waals surface area contributed by atoms with E-state index >= 15 is 0 Å². The van der Waals surface area contributed by atoms with Gasteiger partial charge < -0.3 is 4.90 Å². The van der Waals surface area contributed by atoms with Gasteiger partial charge in [0.15, 0.2) is 0 Å². The molecular weight excluding hydrogens is 232 g/mol. The van der Waals surface area contributed by atoms with E-state index < -0.39 is 5.69 Å². The van der Waals surface area contributed by atoms with Crippen LogP contribution >= 0.6 is 0 Å². The van der Waals surface area contributed by atoms with E-state index in [2.05, 4.69) is 4.98 Å². The van der Waals surface area contributed by atoms with E-state index in [4.69, 9.17) is 0 Å². The quantitative estimate of drug-likeness (QED) is 0.759. The molecule has 0 aliphatic heterocycles. The number of nitrogens with zero attached hydrogens (tertiary/aromatic N) is 4. The molecule has 0 N–H and O–H groups in total. The highest BCUT2D eigenvalue weighted by atomic mass is 16.2. The Bertz CT molecular complexity index is 564. The lowest BCUT2D eigenvalue weighted by atomic mass is 10.0. The van der Waals surface area contributed by atoms with Crippen LogP contribution < -0.4 is 16.3 Å². The molecule has 2 rings (SSSR count). The van der Waals surface area contributed by atoms with Crippen molar-refractivity contribution in [1.29, 1.82) is 0 Å². The van der Waals surface area contributed by atoms with Crippen molar-refractivity contribution in [3.8, 4) is 0 Å². The molecule has 1 aromatic heterocycles. The lowest BCUT2D eigenvalue weighted by Gasteiger charge is -2.26. The predicted octanol–water partition coefficient (Wildman–Crippen LogP) is 0.297. The molecule has 1 aromatic rings. The summed E-state index contributed by atoms with van der Waals surface area (Å²) in [7, 11) is 5.19. The second kappa shape index (κ2) is 4.26. The Hall–Kier alpha value is -1.59. The highest BCUT2D eigenvalue weighted by Crippen LogP contribution is 2.33. The molecule has 1 heterocycles. The van der Waals surface area contributed by atoms with Crippen molar-refractivity contribution in [1.82, 2.24) is 14.1 Å².